The lowest BCUT2D eigenvalue weighted by atomic mass is 10.2. The van der Waals surface area contributed by atoms with Gasteiger partial charge in [-0.1, -0.05) is 24.3 Å². The van der Waals surface area contributed by atoms with E-state index in [0.29, 0.717) is 0 Å². The normalized spacial score (nSPS) is 10.5. The molecular formula is C10H13NS. The summed E-state index contributed by atoms with van der Waals surface area (Å²) < 4.78 is 0. The Balaban J connectivity index is 2.71. The van der Waals surface area contributed by atoms with Crippen LogP contribution in [-0.2, 0) is 0 Å². The molecule has 0 amide bonds. The molecule has 0 spiro atoms. The van der Waals surface area contributed by atoms with Gasteiger partial charge in [0.15, 0.2) is 0 Å². The van der Waals surface area contributed by atoms with Gasteiger partial charge in [0.25, 0.3) is 0 Å². The van der Waals surface area contributed by atoms with Gasteiger partial charge in [-0.15, -0.1) is 0 Å². The topological polar surface area (TPSA) is 12.0 Å². The average molecular weight is 179 g/mol. The summed E-state index contributed by atoms with van der Waals surface area (Å²) in [6, 6.07) is 8.26. The number of nitrogens with one attached hydrogen (secondary N) is 1. The maximum Gasteiger partial charge on any atom is 0.0337 e. The first-order valence-corrected chi connectivity index (χ1v) is 4.55. The second-order valence-electron chi connectivity index (χ2n) is 2.46. The fourth-order valence-corrected chi connectivity index (χ4v) is 1.06. The van der Waals surface area contributed by atoms with Crippen molar-refractivity contribution in [2.75, 3.05) is 18.1 Å². The van der Waals surface area contributed by atoms with Crippen molar-refractivity contribution in [1.82, 2.24) is 0 Å². The lowest BCUT2D eigenvalue weighted by Gasteiger charge is -1.98. The highest BCUT2D eigenvalue weighted by atomic mass is 32.1. The van der Waals surface area contributed by atoms with Gasteiger partial charge in [0, 0.05) is 18.5 Å². The standard InChI is InChI=1S/C10H13NS/c1-11-10-6-4-9(5-7-10)3-2-8-12/h2-7,11-12H,8H2,1H3. The number of rotatable bonds is 3. The number of anilines is 1. The summed E-state index contributed by atoms with van der Waals surface area (Å²) >= 11 is 4.09. The number of hydrogen-bond acceptors (Lipinski definition) is 2. The Morgan fingerprint density at radius 3 is 2.50 bits per heavy atom. The van der Waals surface area contributed by atoms with Gasteiger partial charge in [-0.05, 0) is 17.7 Å². The zero-order chi connectivity index (χ0) is 8.81. The van der Waals surface area contributed by atoms with E-state index in [1.165, 1.54) is 5.56 Å². The van der Waals surface area contributed by atoms with E-state index in [1.807, 2.05) is 13.1 Å². The van der Waals surface area contributed by atoms with Crippen LogP contribution in [0.4, 0.5) is 5.69 Å². The molecule has 0 aliphatic heterocycles. The van der Waals surface area contributed by atoms with Gasteiger partial charge in [-0.2, -0.15) is 12.6 Å². The highest BCUT2D eigenvalue weighted by Crippen LogP contribution is 2.09. The maximum atomic E-state index is 4.09. The van der Waals surface area contributed by atoms with Gasteiger partial charge < -0.3 is 5.32 Å². The molecule has 1 aromatic rings. The third-order valence-corrected chi connectivity index (χ3v) is 1.83. The summed E-state index contributed by atoms with van der Waals surface area (Å²) in [5.41, 5.74) is 2.35. The molecule has 1 aromatic carbocycles. The fraction of sp³-hybridized carbons (Fsp3) is 0.200. The predicted octanol–water partition coefficient (Wildman–Crippen LogP) is 2.67. The molecule has 0 aliphatic rings. The van der Waals surface area contributed by atoms with E-state index >= 15 is 0 Å². The highest BCUT2D eigenvalue weighted by Gasteiger charge is 1.86. The Kier molecular flexibility index (Phi) is 3.74. The monoisotopic (exact) mass is 179 g/mol. The van der Waals surface area contributed by atoms with Gasteiger partial charge >= 0.3 is 0 Å². The SMILES string of the molecule is CNc1ccc(C=CCS)cc1. The van der Waals surface area contributed by atoms with Crippen molar-refractivity contribution in [3.05, 3.63) is 35.9 Å². The Bertz CT molecular complexity index is 251. The van der Waals surface area contributed by atoms with E-state index in [-0.39, 0.29) is 0 Å². The number of hydrogen-bond donors (Lipinski definition) is 2. The van der Waals surface area contributed by atoms with E-state index in [4.69, 9.17) is 0 Å². The molecule has 1 rings (SSSR count). The lowest BCUT2D eigenvalue weighted by Crippen LogP contribution is -1.86. The largest absolute Gasteiger partial charge is 0.388 e. The number of thiol groups is 1. The molecule has 0 fully saturated rings. The predicted molar refractivity (Wildman–Crippen MR) is 58.9 cm³/mol. The molecule has 12 heavy (non-hydrogen) atoms. The van der Waals surface area contributed by atoms with Crippen LogP contribution in [0.1, 0.15) is 5.56 Å². The van der Waals surface area contributed by atoms with Gasteiger partial charge in [-0.25, -0.2) is 0 Å². The molecule has 64 valence electrons. The van der Waals surface area contributed by atoms with Crippen LogP contribution in [0.15, 0.2) is 30.3 Å². The first-order valence-electron chi connectivity index (χ1n) is 3.92. The minimum atomic E-state index is 0.785. The quantitative estimate of drug-likeness (QED) is 0.680. The van der Waals surface area contributed by atoms with Gasteiger partial charge in [0.05, 0.1) is 0 Å². The Labute approximate surface area is 78.9 Å². The van der Waals surface area contributed by atoms with E-state index in [9.17, 15) is 0 Å². The van der Waals surface area contributed by atoms with Crippen molar-refractivity contribution in [3.63, 3.8) is 0 Å². The van der Waals surface area contributed by atoms with Gasteiger partial charge in [-0.3, -0.25) is 0 Å². The van der Waals surface area contributed by atoms with Crippen LogP contribution in [0.3, 0.4) is 0 Å². The maximum absolute atomic E-state index is 4.09. The Hall–Kier alpha value is -0.890. The molecule has 1 nitrogen and oxygen atoms in total. The third-order valence-electron chi connectivity index (χ3n) is 1.62. The second-order valence-corrected chi connectivity index (χ2v) is 2.82. The molecule has 0 radical (unpaired) electrons. The minimum absolute atomic E-state index is 0.785. The summed E-state index contributed by atoms with van der Waals surface area (Å²) in [6.45, 7) is 0. The Morgan fingerprint density at radius 2 is 2.00 bits per heavy atom. The summed E-state index contributed by atoms with van der Waals surface area (Å²) in [6.07, 6.45) is 4.09. The van der Waals surface area contributed by atoms with Crippen LogP contribution in [0.25, 0.3) is 6.08 Å². The van der Waals surface area contributed by atoms with E-state index < -0.39 is 0 Å². The van der Waals surface area contributed by atoms with Crippen LogP contribution in [0, 0.1) is 0 Å². The zero-order valence-corrected chi connectivity index (χ0v) is 8.01. The second kappa shape index (κ2) is 4.88. The van der Waals surface area contributed by atoms with Crippen molar-refractivity contribution in [2.45, 2.75) is 0 Å². The van der Waals surface area contributed by atoms with Crippen molar-refractivity contribution in [1.29, 1.82) is 0 Å². The van der Waals surface area contributed by atoms with Gasteiger partial charge in [0.2, 0.25) is 0 Å². The van der Waals surface area contributed by atoms with Crippen LogP contribution < -0.4 is 5.32 Å². The summed E-state index contributed by atoms with van der Waals surface area (Å²) in [4.78, 5) is 0. The average Bonchev–Trinajstić information content (AvgIpc) is 2.15. The summed E-state index contributed by atoms with van der Waals surface area (Å²) in [7, 11) is 1.92. The van der Waals surface area contributed by atoms with Crippen LogP contribution in [0.2, 0.25) is 0 Å². The molecule has 1 N–H and O–H groups in total. The molecule has 0 unspecified atom stereocenters. The first kappa shape index (κ1) is 9.20. The van der Waals surface area contributed by atoms with E-state index in [2.05, 4.69) is 48.3 Å². The van der Waals surface area contributed by atoms with Crippen molar-refractivity contribution in [3.8, 4) is 0 Å². The zero-order valence-electron chi connectivity index (χ0n) is 7.12. The minimum Gasteiger partial charge on any atom is -0.388 e. The van der Waals surface area contributed by atoms with Crippen molar-refractivity contribution in [2.24, 2.45) is 0 Å². The third kappa shape index (κ3) is 2.62. The van der Waals surface area contributed by atoms with E-state index in [1.54, 1.807) is 0 Å². The van der Waals surface area contributed by atoms with Crippen molar-refractivity contribution < 1.29 is 0 Å². The highest BCUT2D eigenvalue weighted by molar-refractivity contribution is 7.80. The molecule has 0 atom stereocenters. The molecule has 0 heterocycles. The molecule has 0 saturated heterocycles. The number of benzene rings is 1. The van der Waals surface area contributed by atoms with E-state index in [0.717, 1.165) is 11.4 Å². The lowest BCUT2D eigenvalue weighted by molar-refractivity contribution is 1.50. The molecule has 0 saturated carbocycles. The summed E-state index contributed by atoms with van der Waals surface area (Å²) in [5.74, 6) is 0.785. The van der Waals surface area contributed by atoms with Gasteiger partial charge in [0.1, 0.15) is 0 Å². The molecule has 2 heteroatoms. The Morgan fingerprint density at radius 1 is 1.33 bits per heavy atom. The van der Waals surface area contributed by atoms with Crippen LogP contribution >= 0.6 is 12.6 Å². The smallest absolute Gasteiger partial charge is 0.0337 e. The molecule has 0 bridgehead atoms. The van der Waals surface area contributed by atoms with Crippen LogP contribution in [0.5, 0.6) is 0 Å². The molecule has 0 aromatic heterocycles. The summed E-state index contributed by atoms with van der Waals surface area (Å²) in [5, 5.41) is 3.07. The van der Waals surface area contributed by atoms with Crippen LogP contribution in [-0.4, -0.2) is 12.8 Å². The molecule has 0 aliphatic carbocycles. The fourth-order valence-electron chi connectivity index (χ4n) is 0.950. The molecular weight excluding hydrogens is 166 g/mol. The van der Waals surface area contributed by atoms with Crippen molar-refractivity contribution >= 4 is 24.4 Å². The first-order chi connectivity index (χ1) is 5.86.